The van der Waals surface area contributed by atoms with Crippen molar-refractivity contribution in [2.24, 2.45) is 0 Å². The molecule has 0 bridgehead atoms. The van der Waals surface area contributed by atoms with E-state index in [2.05, 4.69) is 43.3 Å². The summed E-state index contributed by atoms with van der Waals surface area (Å²) in [6.07, 6.45) is 1.01. The van der Waals surface area contributed by atoms with E-state index < -0.39 is 0 Å². The quantitative estimate of drug-likeness (QED) is 0.590. The van der Waals surface area contributed by atoms with Crippen LogP contribution in [0.1, 0.15) is 26.3 Å². The van der Waals surface area contributed by atoms with Gasteiger partial charge in [0, 0.05) is 21.5 Å². The van der Waals surface area contributed by atoms with E-state index in [1.54, 1.807) is 0 Å². The molecule has 0 heterocycles. The molecule has 0 saturated carbocycles. The van der Waals surface area contributed by atoms with E-state index in [1.165, 1.54) is 5.56 Å². The molecule has 0 atom stereocenters. The van der Waals surface area contributed by atoms with Crippen LogP contribution in [0, 0.1) is 0 Å². The number of fused-ring (bicyclic) bond motifs is 2. The van der Waals surface area contributed by atoms with Gasteiger partial charge in [-0.1, -0.05) is 43.3 Å². The Balaban J connectivity index is 2.46. The lowest BCUT2D eigenvalue weighted by molar-refractivity contribution is 0.342. The van der Waals surface area contributed by atoms with Crippen LogP contribution in [0.3, 0.4) is 0 Å². The van der Waals surface area contributed by atoms with Crippen molar-refractivity contribution < 1.29 is 9.47 Å². The van der Waals surface area contributed by atoms with Crippen LogP contribution in [0.5, 0.6) is 11.5 Å². The second kappa shape index (κ2) is 6.27. The molecule has 0 N–H and O–H groups in total. The predicted octanol–water partition coefficient (Wildman–Crippen LogP) is 5.35. The van der Waals surface area contributed by atoms with Gasteiger partial charge in [-0.2, -0.15) is 0 Å². The van der Waals surface area contributed by atoms with Crippen molar-refractivity contribution in [3.8, 4) is 11.5 Å². The van der Waals surface area contributed by atoms with Crippen LogP contribution in [0.4, 0.5) is 0 Å². The zero-order chi connectivity index (χ0) is 15.5. The van der Waals surface area contributed by atoms with Gasteiger partial charge in [-0.3, -0.25) is 0 Å². The molecule has 22 heavy (non-hydrogen) atoms. The third kappa shape index (κ3) is 2.39. The lowest BCUT2D eigenvalue weighted by atomic mass is 9.98. The van der Waals surface area contributed by atoms with Gasteiger partial charge in [0.15, 0.2) is 0 Å². The van der Waals surface area contributed by atoms with Crippen LogP contribution >= 0.6 is 0 Å². The molecule has 2 heteroatoms. The van der Waals surface area contributed by atoms with E-state index in [-0.39, 0.29) is 0 Å². The van der Waals surface area contributed by atoms with Crippen LogP contribution < -0.4 is 9.47 Å². The van der Waals surface area contributed by atoms with E-state index >= 15 is 0 Å². The first-order valence-electron chi connectivity index (χ1n) is 8.03. The molecule has 0 radical (unpaired) electrons. The molecule has 3 aromatic rings. The van der Waals surface area contributed by atoms with Crippen molar-refractivity contribution in [3.63, 3.8) is 0 Å². The molecular formula is C20H22O2. The second-order valence-electron chi connectivity index (χ2n) is 5.30. The van der Waals surface area contributed by atoms with Crippen LogP contribution in [-0.2, 0) is 6.42 Å². The Morgan fingerprint density at radius 1 is 0.682 bits per heavy atom. The van der Waals surface area contributed by atoms with Gasteiger partial charge in [0.1, 0.15) is 11.5 Å². The topological polar surface area (TPSA) is 18.5 Å². The molecular weight excluding hydrogens is 272 g/mol. The summed E-state index contributed by atoms with van der Waals surface area (Å²) in [5.74, 6) is 1.92. The Bertz CT molecular complexity index is 806. The van der Waals surface area contributed by atoms with Gasteiger partial charge in [-0.15, -0.1) is 0 Å². The largest absolute Gasteiger partial charge is 0.493 e. The molecule has 2 nitrogen and oxygen atoms in total. The van der Waals surface area contributed by atoms with Gasteiger partial charge in [0.2, 0.25) is 0 Å². The highest BCUT2D eigenvalue weighted by molar-refractivity contribution is 6.11. The number of benzene rings is 3. The second-order valence-corrected chi connectivity index (χ2v) is 5.30. The summed E-state index contributed by atoms with van der Waals surface area (Å²) < 4.78 is 12.0. The lowest BCUT2D eigenvalue weighted by Crippen LogP contribution is -1.99. The van der Waals surface area contributed by atoms with Gasteiger partial charge in [0.05, 0.1) is 13.2 Å². The zero-order valence-corrected chi connectivity index (χ0v) is 13.5. The van der Waals surface area contributed by atoms with Crippen molar-refractivity contribution in [1.29, 1.82) is 0 Å². The number of ether oxygens (including phenoxy) is 2. The molecule has 0 amide bonds. The first-order chi connectivity index (χ1) is 10.8. The van der Waals surface area contributed by atoms with E-state index in [4.69, 9.17) is 9.47 Å². The van der Waals surface area contributed by atoms with E-state index in [0.717, 1.165) is 39.5 Å². The Labute approximate surface area is 131 Å². The van der Waals surface area contributed by atoms with Crippen molar-refractivity contribution in [3.05, 3.63) is 48.0 Å². The van der Waals surface area contributed by atoms with Crippen LogP contribution in [0.25, 0.3) is 21.5 Å². The highest BCUT2D eigenvalue weighted by Crippen LogP contribution is 2.43. The van der Waals surface area contributed by atoms with E-state index in [0.29, 0.717) is 13.2 Å². The molecule has 114 valence electrons. The van der Waals surface area contributed by atoms with Gasteiger partial charge in [-0.25, -0.2) is 0 Å². The molecule has 0 aliphatic heterocycles. The first-order valence-corrected chi connectivity index (χ1v) is 8.03. The third-order valence-corrected chi connectivity index (χ3v) is 3.98. The molecule has 3 rings (SSSR count). The first kappa shape index (κ1) is 14.7. The third-order valence-electron chi connectivity index (χ3n) is 3.98. The van der Waals surface area contributed by atoms with Gasteiger partial charge >= 0.3 is 0 Å². The summed E-state index contributed by atoms with van der Waals surface area (Å²) in [4.78, 5) is 0. The standard InChI is InChI=1S/C20H22O2/c1-4-14-11-12-17-18(13-14)20(22-6-3)16-10-8-7-9-15(16)19(17)21-5-2/h7-13H,4-6H2,1-3H3. The van der Waals surface area contributed by atoms with Gasteiger partial charge in [-0.05, 0) is 31.9 Å². The fraction of sp³-hybridized carbons (Fsp3) is 0.300. The molecule has 0 fully saturated rings. The Kier molecular flexibility index (Phi) is 4.19. The number of hydrogen-bond acceptors (Lipinski definition) is 2. The normalized spacial score (nSPS) is 11.0. The van der Waals surface area contributed by atoms with Crippen LogP contribution in [0.15, 0.2) is 42.5 Å². The minimum absolute atomic E-state index is 0.655. The van der Waals surface area contributed by atoms with Crippen LogP contribution in [0.2, 0.25) is 0 Å². The molecule has 3 aromatic carbocycles. The van der Waals surface area contributed by atoms with E-state index in [1.807, 2.05) is 19.9 Å². The highest BCUT2D eigenvalue weighted by atomic mass is 16.5. The molecule has 0 aliphatic carbocycles. The van der Waals surface area contributed by atoms with Gasteiger partial charge < -0.3 is 9.47 Å². The molecule has 0 aromatic heterocycles. The Hall–Kier alpha value is -2.22. The average molecular weight is 294 g/mol. The number of aryl methyl sites for hydroxylation is 1. The summed E-state index contributed by atoms with van der Waals surface area (Å²) in [5, 5.41) is 4.50. The summed E-state index contributed by atoms with van der Waals surface area (Å²) >= 11 is 0. The average Bonchev–Trinajstić information content (AvgIpc) is 2.57. The monoisotopic (exact) mass is 294 g/mol. The van der Waals surface area contributed by atoms with Crippen molar-refractivity contribution in [1.82, 2.24) is 0 Å². The SMILES string of the molecule is CCOc1c2ccccc2c(OCC)c2cc(CC)ccc12. The maximum Gasteiger partial charge on any atom is 0.135 e. The Morgan fingerprint density at radius 3 is 1.77 bits per heavy atom. The van der Waals surface area contributed by atoms with Gasteiger partial charge in [0.25, 0.3) is 0 Å². The minimum atomic E-state index is 0.655. The molecule has 0 spiro atoms. The predicted molar refractivity (Wildman–Crippen MR) is 93.2 cm³/mol. The summed E-state index contributed by atoms with van der Waals surface area (Å²) in [7, 11) is 0. The summed E-state index contributed by atoms with van der Waals surface area (Å²) in [6, 6.07) is 14.9. The molecule has 0 saturated heterocycles. The highest BCUT2D eigenvalue weighted by Gasteiger charge is 2.15. The summed E-state index contributed by atoms with van der Waals surface area (Å²) in [6.45, 7) is 7.54. The fourth-order valence-corrected chi connectivity index (χ4v) is 2.97. The Morgan fingerprint density at radius 2 is 1.23 bits per heavy atom. The van der Waals surface area contributed by atoms with E-state index in [9.17, 15) is 0 Å². The number of hydrogen-bond donors (Lipinski definition) is 0. The maximum absolute atomic E-state index is 6.01. The van der Waals surface area contributed by atoms with Crippen molar-refractivity contribution in [2.75, 3.05) is 13.2 Å². The van der Waals surface area contributed by atoms with Crippen LogP contribution in [-0.4, -0.2) is 13.2 Å². The maximum atomic E-state index is 6.01. The molecule has 0 aliphatic rings. The lowest BCUT2D eigenvalue weighted by Gasteiger charge is -2.17. The molecule has 0 unspecified atom stereocenters. The fourth-order valence-electron chi connectivity index (χ4n) is 2.97. The smallest absolute Gasteiger partial charge is 0.135 e. The van der Waals surface area contributed by atoms with Crippen molar-refractivity contribution >= 4 is 21.5 Å². The summed E-state index contributed by atoms with van der Waals surface area (Å²) in [5.41, 5.74) is 1.31. The minimum Gasteiger partial charge on any atom is -0.493 e. The zero-order valence-electron chi connectivity index (χ0n) is 13.5. The van der Waals surface area contributed by atoms with Crippen molar-refractivity contribution in [2.45, 2.75) is 27.2 Å². The number of rotatable bonds is 5.